The molecule has 0 aliphatic carbocycles. The topological polar surface area (TPSA) is 50.9 Å². The quantitative estimate of drug-likeness (QED) is 0.852. The third-order valence-corrected chi connectivity index (χ3v) is 2.72. The Kier molecular flexibility index (Phi) is 4.42. The van der Waals surface area contributed by atoms with Crippen LogP contribution in [0.1, 0.15) is 23.9 Å². The Hall–Kier alpha value is -2.27. The molecule has 0 saturated carbocycles. The average molecular weight is 273 g/mol. The lowest BCUT2D eigenvalue weighted by Crippen LogP contribution is -2.03. The minimum absolute atomic E-state index is 0.181. The molecule has 1 heterocycles. The first kappa shape index (κ1) is 14.1. The fourth-order valence-electron chi connectivity index (χ4n) is 1.77. The molecule has 1 N–H and O–H groups in total. The van der Waals surface area contributed by atoms with Crippen LogP contribution in [0.4, 0.5) is 4.39 Å². The van der Waals surface area contributed by atoms with Crippen molar-refractivity contribution in [2.45, 2.75) is 20.1 Å². The zero-order valence-electron chi connectivity index (χ0n) is 11.3. The van der Waals surface area contributed by atoms with Crippen molar-refractivity contribution in [3.05, 3.63) is 59.2 Å². The van der Waals surface area contributed by atoms with Gasteiger partial charge in [0.1, 0.15) is 11.5 Å². The summed E-state index contributed by atoms with van der Waals surface area (Å²) >= 11 is 0. The molecule has 4 nitrogen and oxygen atoms in total. The maximum atomic E-state index is 12.8. The molecule has 2 aromatic rings. The molecule has 1 aromatic carbocycles. The molecule has 0 aliphatic rings. The molecule has 0 bridgehead atoms. The molecular weight excluding hydrogens is 257 g/mol. The lowest BCUT2D eigenvalue weighted by molar-refractivity contribution is 0.276. The smallest absolute Gasteiger partial charge is 0.123 e. The van der Waals surface area contributed by atoms with Gasteiger partial charge in [0.05, 0.1) is 18.8 Å². The van der Waals surface area contributed by atoms with Crippen LogP contribution in [0.15, 0.2) is 36.4 Å². The van der Waals surface area contributed by atoms with Gasteiger partial charge >= 0.3 is 0 Å². The second kappa shape index (κ2) is 6.25. The summed E-state index contributed by atoms with van der Waals surface area (Å²) in [5.41, 5.74) is 3.03. The fraction of sp³-hybridized carbons (Fsp3) is 0.200. The van der Waals surface area contributed by atoms with Gasteiger partial charge in [-0.3, -0.25) is 0 Å². The van der Waals surface area contributed by atoms with Crippen molar-refractivity contribution < 1.29 is 9.50 Å². The van der Waals surface area contributed by atoms with E-state index >= 15 is 0 Å². The first-order valence-electron chi connectivity index (χ1n) is 6.21. The standard InChI is InChI=1S/C15H16FN3O/c1-11(2)9-19-15(14(10-20)17-18-19)8-5-12-3-6-13(16)7-4-12/h3-8,20H,1,9-10H2,2H3/b8-5+. The second-order valence-corrected chi connectivity index (χ2v) is 4.58. The Morgan fingerprint density at radius 1 is 1.35 bits per heavy atom. The molecule has 0 aliphatic heterocycles. The Morgan fingerprint density at radius 3 is 2.65 bits per heavy atom. The van der Waals surface area contributed by atoms with Crippen molar-refractivity contribution in [1.82, 2.24) is 15.0 Å². The molecule has 20 heavy (non-hydrogen) atoms. The molecule has 0 saturated heterocycles. The Balaban J connectivity index is 2.28. The highest BCUT2D eigenvalue weighted by atomic mass is 19.1. The Bertz CT molecular complexity index is 629. The molecule has 5 heteroatoms. The number of aliphatic hydroxyl groups excluding tert-OH is 1. The molecule has 2 rings (SSSR count). The van der Waals surface area contributed by atoms with Crippen molar-refractivity contribution in [1.29, 1.82) is 0 Å². The molecule has 0 fully saturated rings. The lowest BCUT2D eigenvalue weighted by atomic mass is 10.2. The van der Waals surface area contributed by atoms with Gasteiger partial charge in [0.25, 0.3) is 0 Å². The van der Waals surface area contributed by atoms with Crippen molar-refractivity contribution in [3.8, 4) is 0 Å². The lowest BCUT2D eigenvalue weighted by Gasteiger charge is -2.03. The fourth-order valence-corrected chi connectivity index (χ4v) is 1.77. The van der Waals surface area contributed by atoms with E-state index in [0.717, 1.165) is 16.8 Å². The zero-order valence-corrected chi connectivity index (χ0v) is 11.3. The van der Waals surface area contributed by atoms with E-state index in [4.69, 9.17) is 0 Å². The van der Waals surface area contributed by atoms with Crippen LogP contribution in [0.2, 0.25) is 0 Å². The van der Waals surface area contributed by atoms with E-state index in [1.807, 2.05) is 19.1 Å². The average Bonchev–Trinajstić information content (AvgIpc) is 2.79. The molecule has 0 amide bonds. The Morgan fingerprint density at radius 2 is 2.05 bits per heavy atom. The predicted octanol–water partition coefficient (Wildman–Crippen LogP) is 2.66. The van der Waals surface area contributed by atoms with E-state index in [9.17, 15) is 9.50 Å². The third kappa shape index (κ3) is 3.39. The van der Waals surface area contributed by atoms with E-state index in [0.29, 0.717) is 12.2 Å². The number of allylic oxidation sites excluding steroid dienone is 1. The summed E-state index contributed by atoms with van der Waals surface area (Å²) in [6.07, 6.45) is 3.63. The van der Waals surface area contributed by atoms with Gasteiger partial charge in [-0.25, -0.2) is 9.07 Å². The highest BCUT2D eigenvalue weighted by molar-refractivity contribution is 5.68. The van der Waals surface area contributed by atoms with Crippen LogP contribution in [0.3, 0.4) is 0 Å². The number of hydrogen-bond acceptors (Lipinski definition) is 3. The van der Waals surface area contributed by atoms with E-state index in [1.54, 1.807) is 16.8 Å². The van der Waals surface area contributed by atoms with Crippen LogP contribution in [0.5, 0.6) is 0 Å². The van der Waals surface area contributed by atoms with Gasteiger partial charge in [-0.1, -0.05) is 35.6 Å². The predicted molar refractivity (Wildman–Crippen MR) is 76.1 cm³/mol. The third-order valence-electron chi connectivity index (χ3n) is 2.72. The van der Waals surface area contributed by atoms with Crippen LogP contribution in [-0.4, -0.2) is 20.1 Å². The summed E-state index contributed by atoms with van der Waals surface area (Å²) in [6.45, 7) is 6.09. The number of hydrogen-bond donors (Lipinski definition) is 1. The first-order valence-corrected chi connectivity index (χ1v) is 6.21. The maximum absolute atomic E-state index is 12.8. The molecule has 104 valence electrons. The summed E-state index contributed by atoms with van der Waals surface area (Å²) in [7, 11) is 0. The molecule has 0 radical (unpaired) electrons. The van der Waals surface area contributed by atoms with Crippen LogP contribution in [-0.2, 0) is 13.2 Å². The van der Waals surface area contributed by atoms with Gasteiger partial charge in [0.2, 0.25) is 0 Å². The number of halogens is 1. The van der Waals surface area contributed by atoms with Crippen molar-refractivity contribution in [2.24, 2.45) is 0 Å². The minimum atomic E-state index is -0.271. The molecule has 0 atom stereocenters. The largest absolute Gasteiger partial charge is 0.390 e. The monoisotopic (exact) mass is 273 g/mol. The first-order chi connectivity index (χ1) is 9.60. The SMILES string of the molecule is C=C(C)Cn1nnc(CO)c1/C=C/c1ccc(F)cc1. The highest BCUT2D eigenvalue weighted by Gasteiger charge is 2.09. The van der Waals surface area contributed by atoms with E-state index in [1.165, 1.54) is 12.1 Å². The van der Waals surface area contributed by atoms with Crippen LogP contribution >= 0.6 is 0 Å². The van der Waals surface area contributed by atoms with Crippen LogP contribution < -0.4 is 0 Å². The number of nitrogens with zero attached hydrogens (tertiary/aromatic N) is 3. The van der Waals surface area contributed by atoms with Gasteiger partial charge < -0.3 is 5.11 Å². The van der Waals surface area contributed by atoms with Crippen LogP contribution in [0.25, 0.3) is 12.2 Å². The molecule has 1 aromatic heterocycles. The summed E-state index contributed by atoms with van der Waals surface area (Å²) in [4.78, 5) is 0. The number of aliphatic hydroxyl groups is 1. The van der Waals surface area contributed by atoms with Crippen molar-refractivity contribution >= 4 is 12.2 Å². The number of aromatic nitrogens is 3. The van der Waals surface area contributed by atoms with E-state index in [2.05, 4.69) is 16.9 Å². The van der Waals surface area contributed by atoms with Gasteiger partial charge in [0, 0.05) is 0 Å². The number of rotatable bonds is 5. The van der Waals surface area contributed by atoms with Crippen LogP contribution in [0, 0.1) is 5.82 Å². The van der Waals surface area contributed by atoms with Gasteiger partial charge in [-0.05, 0) is 30.7 Å². The van der Waals surface area contributed by atoms with Crippen molar-refractivity contribution in [2.75, 3.05) is 0 Å². The highest BCUT2D eigenvalue weighted by Crippen LogP contribution is 2.13. The molecule has 0 unspecified atom stereocenters. The zero-order chi connectivity index (χ0) is 14.5. The molecular formula is C15H16FN3O. The summed E-state index contributed by atoms with van der Waals surface area (Å²) in [6, 6.07) is 6.15. The van der Waals surface area contributed by atoms with E-state index < -0.39 is 0 Å². The Labute approximate surface area is 116 Å². The van der Waals surface area contributed by atoms with Gasteiger partial charge in [0.15, 0.2) is 0 Å². The second-order valence-electron chi connectivity index (χ2n) is 4.58. The van der Waals surface area contributed by atoms with Gasteiger partial charge in [-0.15, -0.1) is 5.10 Å². The summed E-state index contributed by atoms with van der Waals surface area (Å²) in [5.74, 6) is -0.271. The maximum Gasteiger partial charge on any atom is 0.123 e. The number of benzene rings is 1. The van der Waals surface area contributed by atoms with Gasteiger partial charge in [-0.2, -0.15) is 0 Å². The minimum Gasteiger partial charge on any atom is -0.390 e. The summed E-state index contributed by atoms with van der Waals surface area (Å²) in [5, 5.41) is 17.2. The normalized spacial score (nSPS) is 11.2. The van der Waals surface area contributed by atoms with E-state index in [-0.39, 0.29) is 12.4 Å². The van der Waals surface area contributed by atoms with Crippen molar-refractivity contribution in [3.63, 3.8) is 0 Å². The molecule has 0 spiro atoms. The summed E-state index contributed by atoms with van der Waals surface area (Å²) < 4.78 is 14.5.